The van der Waals surface area contributed by atoms with Crippen molar-refractivity contribution < 1.29 is 29.2 Å². The fourth-order valence-corrected chi connectivity index (χ4v) is 5.75. The minimum absolute atomic E-state index is 0.0727. The van der Waals surface area contributed by atoms with Crippen molar-refractivity contribution in [2.45, 2.75) is 121 Å². The number of non-ortho nitro benzene ring substituents is 1. The number of nitrogens with one attached hydrogen (secondary N) is 4. The van der Waals surface area contributed by atoms with E-state index in [0.29, 0.717) is 64.3 Å². The van der Waals surface area contributed by atoms with E-state index in [9.17, 15) is 34.4 Å². The summed E-state index contributed by atoms with van der Waals surface area (Å²) in [5.74, 6) is -2.27. The van der Waals surface area contributed by atoms with E-state index in [1.807, 2.05) is 6.92 Å². The standard InChI is InChI=1S/C33H56N10O7/c1-2-3-7-25(35)29(45)42-28(20-21-10-16-24(44)17-11-21)32(48)41-26(8-4-5-18-34)31(47)40-27(9-6-19-38-33(36)37)30(46)39-22-12-14-23(15-13-22)43(49)50/h12-15,21,24-28,44H,2-11,16-20,34-35H2,1H3,(H,39,46)(H,40,47)(H,41,48)(H,42,45)(H4,36,37,38)/t21?,24?,25-,26+,27+,28+/m1/s1. The van der Waals surface area contributed by atoms with E-state index in [1.54, 1.807) is 0 Å². The fraction of sp³-hybridized carbons (Fsp3) is 0.667. The summed E-state index contributed by atoms with van der Waals surface area (Å²) < 4.78 is 0. The average Bonchev–Trinajstić information content (AvgIpc) is 3.08. The normalized spacial score (nSPS) is 18.1. The van der Waals surface area contributed by atoms with Gasteiger partial charge in [0, 0.05) is 24.4 Å². The maximum Gasteiger partial charge on any atom is 0.269 e. The molecule has 2 rings (SSSR count). The van der Waals surface area contributed by atoms with Crippen molar-refractivity contribution in [2.24, 2.45) is 33.8 Å². The Kier molecular flexibility index (Phi) is 18.7. The summed E-state index contributed by atoms with van der Waals surface area (Å²) in [7, 11) is 0. The number of unbranched alkanes of at least 4 members (excludes halogenated alkanes) is 2. The molecule has 0 bridgehead atoms. The summed E-state index contributed by atoms with van der Waals surface area (Å²) in [5, 5.41) is 32.0. The van der Waals surface area contributed by atoms with Crippen LogP contribution in [0.2, 0.25) is 0 Å². The van der Waals surface area contributed by atoms with Crippen LogP contribution in [0.15, 0.2) is 29.3 Å². The largest absolute Gasteiger partial charge is 0.393 e. The van der Waals surface area contributed by atoms with Gasteiger partial charge in [-0.2, -0.15) is 0 Å². The Morgan fingerprint density at radius 3 is 2.02 bits per heavy atom. The van der Waals surface area contributed by atoms with Crippen molar-refractivity contribution in [1.29, 1.82) is 0 Å². The van der Waals surface area contributed by atoms with Gasteiger partial charge in [0.05, 0.1) is 17.1 Å². The van der Waals surface area contributed by atoms with Crippen LogP contribution >= 0.6 is 0 Å². The second-order valence-electron chi connectivity index (χ2n) is 12.9. The molecule has 50 heavy (non-hydrogen) atoms. The molecule has 13 N–H and O–H groups in total. The predicted octanol–water partition coefficient (Wildman–Crippen LogP) is 0.629. The Morgan fingerprint density at radius 2 is 1.44 bits per heavy atom. The van der Waals surface area contributed by atoms with Crippen molar-refractivity contribution in [1.82, 2.24) is 16.0 Å². The molecular formula is C33H56N10O7. The number of rotatable bonds is 22. The zero-order valence-corrected chi connectivity index (χ0v) is 29.0. The minimum Gasteiger partial charge on any atom is -0.393 e. The van der Waals surface area contributed by atoms with Crippen LogP contribution in [0.5, 0.6) is 0 Å². The SMILES string of the molecule is CCCC[C@@H](N)C(=O)N[C@@H](CC1CCC(O)CC1)C(=O)N[C@@H](CCCCN)C(=O)N[C@@H](CCCN=C(N)N)C(=O)Nc1ccc([N+](=O)[O-])cc1. The number of benzene rings is 1. The van der Waals surface area contributed by atoms with Gasteiger partial charge < -0.3 is 49.3 Å². The average molecular weight is 705 g/mol. The molecule has 0 aromatic heterocycles. The molecule has 0 radical (unpaired) electrons. The van der Waals surface area contributed by atoms with Gasteiger partial charge >= 0.3 is 0 Å². The van der Waals surface area contributed by atoms with Crippen molar-refractivity contribution >= 4 is 41.0 Å². The molecule has 4 atom stereocenters. The third-order valence-corrected chi connectivity index (χ3v) is 8.73. The van der Waals surface area contributed by atoms with Crippen LogP contribution < -0.4 is 44.2 Å². The lowest BCUT2D eigenvalue weighted by molar-refractivity contribution is -0.384. The summed E-state index contributed by atoms with van der Waals surface area (Å²) >= 11 is 0. The number of hydrogen-bond acceptors (Lipinski definition) is 10. The summed E-state index contributed by atoms with van der Waals surface area (Å²) in [4.78, 5) is 68.4. The molecule has 4 amide bonds. The molecule has 17 nitrogen and oxygen atoms in total. The van der Waals surface area contributed by atoms with Crippen molar-refractivity contribution in [3.63, 3.8) is 0 Å². The Labute approximate surface area is 293 Å². The number of aliphatic hydroxyl groups excluding tert-OH is 1. The maximum absolute atomic E-state index is 13.8. The minimum atomic E-state index is -1.08. The van der Waals surface area contributed by atoms with E-state index in [-0.39, 0.29) is 42.6 Å². The molecule has 1 aliphatic rings. The summed E-state index contributed by atoms with van der Waals surface area (Å²) in [5.41, 5.74) is 22.8. The van der Waals surface area contributed by atoms with E-state index in [0.717, 1.165) is 12.8 Å². The Hall–Kier alpha value is -4.35. The summed E-state index contributed by atoms with van der Waals surface area (Å²) in [6, 6.07) is 1.32. The fourth-order valence-electron chi connectivity index (χ4n) is 5.75. The zero-order valence-electron chi connectivity index (χ0n) is 29.0. The van der Waals surface area contributed by atoms with E-state index in [4.69, 9.17) is 22.9 Å². The van der Waals surface area contributed by atoms with Gasteiger partial charge in [-0.05, 0) is 95.2 Å². The molecule has 1 aliphatic carbocycles. The molecule has 0 aliphatic heterocycles. The molecule has 17 heteroatoms. The molecule has 1 aromatic carbocycles. The first-order valence-electron chi connectivity index (χ1n) is 17.5. The Bertz CT molecular complexity index is 1270. The summed E-state index contributed by atoms with van der Waals surface area (Å²) in [6.45, 7) is 2.55. The monoisotopic (exact) mass is 704 g/mol. The highest BCUT2D eigenvalue weighted by Gasteiger charge is 2.32. The first-order chi connectivity index (χ1) is 23.8. The lowest BCUT2D eigenvalue weighted by atomic mass is 9.83. The molecule has 1 aromatic rings. The number of carbonyl (C=O) groups is 4. The first kappa shape index (κ1) is 41.8. The quantitative estimate of drug-likeness (QED) is 0.0265. The van der Waals surface area contributed by atoms with E-state index in [1.165, 1.54) is 24.3 Å². The van der Waals surface area contributed by atoms with Gasteiger partial charge in [0.1, 0.15) is 18.1 Å². The second kappa shape index (κ2) is 22.4. The zero-order chi connectivity index (χ0) is 37.1. The third kappa shape index (κ3) is 15.5. The molecule has 0 saturated heterocycles. The van der Waals surface area contributed by atoms with Gasteiger partial charge in [-0.25, -0.2) is 0 Å². The number of nitro benzene ring substituents is 1. The van der Waals surface area contributed by atoms with Crippen LogP contribution in [0.4, 0.5) is 11.4 Å². The summed E-state index contributed by atoms with van der Waals surface area (Å²) in [6.07, 6.45) is 6.31. The molecule has 0 unspecified atom stereocenters. The number of nitrogens with zero attached hydrogens (tertiary/aromatic N) is 2. The van der Waals surface area contributed by atoms with Gasteiger partial charge in [-0.15, -0.1) is 0 Å². The number of amides is 4. The Balaban J connectivity index is 2.27. The van der Waals surface area contributed by atoms with E-state index < -0.39 is 58.8 Å². The van der Waals surface area contributed by atoms with Gasteiger partial charge in [0.25, 0.3) is 5.69 Å². The van der Waals surface area contributed by atoms with Crippen molar-refractivity contribution in [2.75, 3.05) is 18.4 Å². The van der Waals surface area contributed by atoms with Crippen LogP contribution in [0.25, 0.3) is 0 Å². The smallest absolute Gasteiger partial charge is 0.269 e. The third-order valence-electron chi connectivity index (χ3n) is 8.73. The predicted molar refractivity (Wildman–Crippen MR) is 190 cm³/mol. The van der Waals surface area contributed by atoms with Crippen LogP contribution in [-0.2, 0) is 19.2 Å². The van der Waals surface area contributed by atoms with Crippen LogP contribution in [0, 0.1) is 16.0 Å². The first-order valence-corrected chi connectivity index (χ1v) is 17.5. The number of carbonyl (C=O) groups excluding carboxylic acids is 4. The second-order valence-corrected chi connectivity index (χ2v) is 12.9. The number of guanidine groups is 1. The van der Waals surface area contributed by atoms with Gasteiger partial charge in [-0.1, -0.05) is 19.8 Å². The lowest BCUT2D eigenvalue weighted by Crippen LogP contribution is -2.57. The van der Waals surface area contributed by atoms with Crippen LogP contribution in [-0.4, -0.2) is 83.0 Å². The van der Waals surface area contributed by atoms with Crippen LogP contribution in [0.1, 0.15) is 90.4 Å². The highest BCUT2D eigenvalue weighted by atomic mass is 16.6. The van der Waals surface area contributed by atoms with Gasteiger partial charge in [0.15, 0.2) is 5.96 Å². The van der Waals surface area contributed by atoms with Crippen LogP contribution in [0.3, 0.4) is 0 Å². The highest BCUT2D eigenvalue weighted by Crippen LogP contribution is 2.28. The van der Waals surface area contributed by atoms with E-state index in [2.05, 4.69) is 26.3 Å². The molecular weight excluding hydrogens is 648 g/mol. The molecule has 280 valence electrons. The molecule has 0 spiro atoms. The topological polar surface area (TPSA) is 296 Å². The highest BCUT2D eigenvalue weighted by molar-refractivity contribution is 5.99. The lowest BCUT2D eigenvalue weighted by Gasteiger charge is -2.30. The number of anilines is 1. The van der Waals surface area contributed by atoms with Gasteiger partial charge in [-0.3, -0.25) is 34.3 Å². The van der Waals surface area contributed by atoms with Crippen molar-refractivity contribution in [3.05, 3.63) is 34.4 Å². The van der Waals surface area contributed by atoms with Crippen molar-refractivity contribution in [3.8, 4) is 0 Å². The maximum atomic E-state index is 13.8. The molecule has 0 heterocycles. The number of hydrogen-bond donors (Lipinski definition) is 9. The Morgan fingerprint density at radius 1 is 0.860 bits per heavy atom. The van der Waals surface area contributed by atoms with E-state index >= 15 is 0 Å². The van der Waals surface area contributed by atoms with Gasteiger partial charge in [0.2, 0.25) is 23.6 Å². The number of aliphatic imine (C=N–C) groups is 1. The number of nitrogens with two attached hydrogens (primary N) is 4. The molecule has 1 fully saturated rings. The molecule has 1 saturated carbocycles. The number of nitro groups is 1. The number of aliphatic hydroxyl groups is 1.